The summed E-state index contributed by atoms with van der Waals surface area (Å²) in [6, 6.07) is 4.21. The third-order valence-electron chi connectivity index (χ3n) is 2.26. The predicted molar refractivity (Wildman–Crippen MR) is 57.9 cm³/mol. The summed E-state index contributed by atoms with van der Waals surface area (Å²) < 4.78 is 1.18. The van der Waals surface area contributed by atoms with Gasteiger partial charge in [-0.1, -0.05) is 0 Å². The molecule has 0 unspecified atom stereocenters. The first-order valence-electron chi connectivity index (χ1n) is 4.38. The largest absolute Gasteiger partial charge is 0.392 e. The third kappa shape index (κ3) is 2.53. The second-order valence-electron chi connectivity index (χ2n) is 3.38. The van der Waals surface area contributed by atoms with E-state index in [4.69, 9.17) is 0 Å². The SMILES string of the molecule is O[C@H]1CCN(Cc2ccc(Br)s2)C1. The molecule has 2 heterocycles. The molecule has 1 aromatic heterocycles. The Balaban J connectivity index is 1.91. The lowest BCUT2D eigenvalue weighted by Gasteiger charge is -2.12. The number of hydrogen-bond acceptors (Lipinski definition) is 3. The summed E-state index contributed by atoms with van der Waals surface area (Å²) in [5.41, 5.74) is 0. The molecule has 72 valence electrons. The van der Waals surface area contributed by atoms with Crippen LogP contribution in [0.1, 0.15) is 11.3 Å². The zero-order chi connectivity index (χ0) is 9.26. The van der Waals surface area contributed by atoms with E-state index < -0.39 is 0 Å². The highest BCUT2D eigenvalue weighted by molar-refractivity contribution is 9.11. The Morgan fingerprint density at radius 1 is 1.62 bits per heavy atom. The van der Waals surface area contributed by atoms with Crippen LogP contribution in [0.2, 0.25) is 0 Å². The van der Waals surface area contributed by atoms with Gasteiger partial charge >= 0.3 is 0 Å². The predicted octanol–water partition coefficient (Wildman–Crippen LogP) is 2.08. The average molecular weight is 262 g/mol. The molecule has 1 saturated heterocycles. The molecule has 1 N–H and O–H groups in total. The topological polar surface area (TPSA) is 23.5 Å². The number of likely N-dealkylation sites (tertiary alicyclic amines) is 1. The molecular weight excluding hydrogens is 250 g/mol. The van der Waals surface area contributed by atoms with Gasteiger partial charge in [-0.25, -0.2) is 0 Å². The van der Waals surface area contributed by atoms with Gasteiger partial charge in [0.2, 0.25) is 0 Å². The van der Waals surface area contributed by atoms with Crippen molar-refractivity contribution >= 4 is 27.3 Å². The number of aliphatic hydroxyl groups is 1. The van der Waals surface area contributed by atoms with Crippen molar-refractivity contribution in [2.24, 2.45) is 0 Å². The van der Waals surface area contributed by atoms with Gasteiger partial charge in [0, 0.05) is 24.5 Å². The lowest BCUT2D eigenvalue weighted by molar-refractivity contribution is 0.175. The molecule has 2 nitrogen and oxygen atoms in total. The quantitative estimate of drug-likeness (QED) is 0.882. The number of β-amino-alcohol motifs (C(OH)–C–C–N with tert-alkyl or cyclic N) is 1. The van der Waals surface area contributed by atoms with Crippen LogP contribution in [0.15, 0.2) is 15.9 Å². The zero-order valence-corrected chi connectivity index (χ0v) is 9.64. The van der Waals surface area contributed by atoms with Crippen molar-refractivity contribution in [1.82, 2.24) is 4.90 Å². The minimum atomic E-state index is -0.108. The Labute approximate surface area is 90.3 Å². The maximum atomic E-state index is 9.34. The van der Waals surface area contributed by atoms with E-state index in [9.17, 15) is 5.11 Å². The minimum absolute atomic E-state index is 0.108. The Hall–Kier alpha value is 0.1000. The van der Waals surface area contributed by atoms with E-state index in [1.54, 1.807) is 11.3 Å². The second-order valence-corrected chi connectivity index (χ2v) is 5.93. The summed E-state index contributed by atoms with van der Waals surface area (Å²) in [6.45, 7) is 2.83. The van der Waals surface area contributed by atoms with Gasteiger partial charge in [-0.15, -0.1) is 11.3 Å². The number of nitrogens with zero attached hydrogens (tertiary/aromatic N) is 1. The molecule has 0 aliphatic carbocycles. The number of aliphatic hydroxyl groups excluding tert-OH is 1. The molecule has 0 bridgehead atoms. The highest BCUT2D eigenvalue weighted by atomic mass is 79.9. The van der Waals surface area contributed by atoms with E-state index in [0.717, 1.165) is 26.1 Å². The molecular formula is C9H12BrNOS. The van der Waals surface area contributed by atoms with Crippen LogP contribution in [0.25, 0.3) is 0 Å². The standard InChI is InChI=1S/C9H12BrNOS/c10-9-2-1-8(13-9)6-11-4-3-7(12)5-11/h1-2,7,12H,3-6H2/t7-/m0/s1. The van der Waals surface area contributed by atoms with E-state index in [0.29, 0.717) is 0 Å². The maximum absolute atomic E-state index is 9.34. The molecule has 2 rings (SSSR count). The van der Waals surface area contributed by atoms with Crippen LogP contribution in [-0.4, -0.2) is 29.2 Å². The van der Waals surface area contributed by atoms with E-state index >= 15 is 0 Å². The second kappa shape index (κ2) is 4.09. The Morgan fingerprint density at radius 2 is 2.46 bits per heavy atom. The highest BCUT2D eigenvalue weighted by Gasteiger charge is 2.20. The van der Waals surface area contributed by atoms with Crippen LogP contribution in [0, 0.1) is 0 Å². The van der Waals surface area contributed by atoms with Gasteiger partial charge in [0.15, 0.2) is 0 Å². The van der Waals surface area contributed by atoms with Crippen LogP contribution < -0.4 is 0 Å². The lowest BCUT2D eigenvalue weighted by atomic mass is 10.3. The van der Waals surface area contributed by atoms with E-state index in [1.165, 1.54) is 8.66 Å². The van der Waals surface area contributed by atoms with Crippen molar-refractivity contribution in [3.63, 3.8) is 0 Å². The normalized spacial score (nSPS) is 24.0. The van der Waals surface area contributed by atoms with Crippen LogP contribution in [0.5, 0.6) is 0 Å². The lowest BCUT2D eigenvalue weighted by Crippen LogP contribution is -2.20. The molecule has 0 radical (unpaired) electrons. The zero-order valence-electron chi connectivity index (χ0n) is 7.24. The molecule has 1 atom stereocenters. The Kier molecular flexibility index (Phi) is 3.03. The van der Waals surface area contributed by atoms with Gasteiger partial charge in [0.1, 0.15) is 0 Å². The van der Waals surface area contributed by atoms with Gasteiger partial charge in [-0.05, 0) is 34.5 Å². The molecule has 1 aromatic rings. The smallest absolute Gasteiger partial charge is 0.0701 e. The van der Waals surface area contributed by atoms with E-state index in [2.05, 4.69) is 33.0 Å². The fourth-order valence-electron chi connectivity index (χ4n) is 1.61. The monoisotopic (exact) mass is 261 g/mol. The molecule has 1 aliphatic heterocycles. The van der Waals surface area contributed by atoms with Crippen LogP contribution in [0.4, 0.5) is 0 Å². The molecule has 0 aromatic carbocycles. The van der Waals surface area contributed by atoms with Gasteiger partial charge < -0.3 is 5.11 Å². The maximum Gasteiger partial charge on any atom is 0.0701 e. The fourth-order valence-corrected chi connectivity index (χ4v) is 3.14. The van der Waals surface area contributed by atoms with Crippen molar-refractivity contribution in [3.8, 4) is 0 Å². The van der Waals surface area contributed by atoms with Crippen molar-refractivity contribution in [3.05, 3.63) is 20.8 Å². The highest BCUT2D eigenvalue weighted by Crippen LogP contribution is 2.24. The Bertz CT molecular complexity index is 289. The molecule has 0 amide bonds. The van der Waals surface area contributed by atoms with Crippen LogP contribution in [0.3, 0.4) is 0 Å². The molecule has 13 heavy (non-hydrogen) atoms. The first kappa shape index (κ1) is 9.65. The van der Waals surface area contributed by atoms with Crippen LogP contribution in [-0.2, 0) is 6.54 Å². The van der Waals surface area contributed by atoms with Crippen molar-refractivity contribution in [2.75, 3.05) is 13.1 Å². The first-order chi connectivity index (χ1) is 6.24. The summed E-state index contributed by atoms with van der Waals surface area (Å²) in [5.74, 6) is 0. The van der Waals surface area contributed by atoms with Crippen molar-refractivity contribution < 1.29 is 5.11 Å². The number of rotatable bonds is 2. The molecule has 4 heteroatoms. The summed E-state index contributed by atoms with van der Waals surface area (Å²) in [4.78, 5) is 3.66. The molecule has 0 spiro atoms. The van der Waals surface area contributed by atoms with Crippen LogP contribution >= 0.6 is 27.3 Å². The van der Waals surface area contributed by atoms with Gasteiger partial charge in [0.05, 0.1) is 9.89 Å². The van der Waals surface area contributed by atoms with Crippen molar-refractivity contribution in [2.45, 2.75) is 19.1 Å². The fraction of sp³-hybridized carbons (Fsp3) is 0.556. The van der Waals surface area contributed by atoms with Crippen molar-refractivity contribution in [1.29, 1.82) is 0 Å². The van der Waals surface area contributed by atoms with Gasteiger partial charge in [-0.2, -0.15) is 0 Å². The molecule has 1 aliphatic rings. The summed E-state index contributed by atoms with van der Waals surface area (Å²) in [6.07, 6.45) is 0.815. The van der Waals surface area contributed by atoms with Gasteiger partial charge in [-0.3, -0.25) is 4.90 Å². The summed E-state index contributed by atoms with van der Waals surface area (Å²) in [5, 5.41) is 9.34. The number of hydrogen-bond donors (Lipinski definition) is 1. The molecule has 1 fully saturated rings. The van der Waals surface area contributed by atoms with E-state index in [-0.39, 0.29) is 6.10 Å². The first-order valence-corrected chi connectivity index (χ1v) is 5.99. The third-order valence-corrected chi connectivity index (χ3v) is 3.86. The van der Waals surface area contributed by atoms with E-state index in [1.807, 2.05) is 0 Å². The summed E-state index contributed by atoms with van der Waals surface area (Å²) >= 11 is 5.21. The summed E-state index contributed by atoms with van der Waals surface area (Å²) in [7, 11) is 0. The number of thiophene rings is 1. The Morgan fingerprint density at radius 3 is 3.00 bits per heavy atom. The average Bonchev–Trinajstić information content (AvgIpc) is 2.62. The van der Waals surface area contributed by atoms with Gasteiger partial charge in [0.25, 0.3) is 0 Å². The number of halogens is 1. The molecule has 0 saturated carbocycles. The minimum Gasteiger partial charge on any atom is -0.392 e.